The Morgan fingerprint density at radius 3 is 2.69 bits per heavy atom. The molecule has 1 aliphatic rings. The van der Waals surface area contributed by atoms with Crippen LogP contribution in [0.5, 0.6) is 0 Å². The summed E-state index contributed by atoms with van der Waals surface area (Å²) in [5, 5.41) is 0. The molecule has 3 heteroatoms. The fraction of sp³-hybridized carbons (Fsp3) is 0.400. The maximum Gasteiger partial charge on any atom is 0.124 e. The second kappa shape index (κ2) is 4.01. The largest absolute Gasteiger partial charge is 0.252 e. The average molecular weight is 239 g/mol. The first kappa shape index (κ1) is 8.88. The highest BCUT2D eigenvalue weighted by Crippen LogP contribution is 2.24. The van der Waals surface area contributed by atoms with Gasteiger partial charge in [0.15, 0.2) is 0 Å². The first-order valence-corrected chi connectivity index (χ1v) is 5.32. The maximum atomic E-state index is 4.32. The maximum absolute atomic E-state index is 4.32. The van der Waals surface area contributed by atoms with E-state index in [1.54, 1.807) is 6.20 Å². The van der Waals surface area contributed by atoms with Gasteiger partial charge in [-0.25, -0.2) is 4.98 Å². The summed E-state index contributed by atoms with van der Waals surface area (Å²) < 4.78 is 0.799. The predicted molar refractivity (Wildman–Crippen MR) is 56.2 cm³/mol. The van der Waals surface area contributed by atoms with Crippen molar-refractivity contribution in [1.82, 2.24) is 9.97 Å². The lowest BCUT2D eigenvalue weighted by Gasteiger charge is -2.11. The van der Waals surface area contributed by atoms with Gasteiger partial charge in [0.1, 0.15) is 4.60 Å². The number of hydrogen-bond donors (Lipinski definition) is 0. The lowest BCUT2D eigenvalue weighted by Crippen LogP contribution is -1.95. The molecule has 0 spiro atoms. The Morgan fingerprint density at radius 2 is 2.08 bits per heavy atom. The predicted octanol–water partition coefficient (Wildman–Crippen LogP) is 3.20. The molecule has 0 fully saturated rings. The van der Waals surface area contributed by atoms with E-state index in [-0.39, 0.29) is 0 Å². The second-order valence-corrected chi connectivity index (χ2v) is 4.01. The standard InChI is InChI=1S/C10H11BrN2/c11-10-7-12-9(6-13-10)8-4-2-1-3-5-8/h4,6-7H,1-3,5H2. The van der Waals surface area contributed by atoms with Gasteiger partial charge < -0.3 is 0 Å². The first-order chi connectivity index (χ1) is 6.36. The number of hydrogen-bond acceptors (Lipinski definition) is 2. The molecule has 0 atom stereocenters. The number of halogens is 1. The van der Waals surface area contributed by atoms with E-state index in [2.05, 4.69) is 32.0 Å². The summed E-state index contributed by atoms with van der Waals surface area (Å²) in [5.41, 5.74) is 2.38. The molecule has 2 rings (SSSR count). The van der Waals surface area contributed by atoms with Crippen LogP contribution in [0.25, 0.3) is 5.57 Å². The topological polar surface area (TPSA) is 25.8 Å². The summed E-state index contributed by atoms with van der Waals surface area (Å²) in [6.45, 7) is 0. The molecule has 0 bridgehead atoms. The van der Waals surface area contributed by atoms with E-state index in [0.717, 1.165) is 16.7 Å². The van der Waals surface area contributed by atoms with Crippen molar-refractivity contribution in [2.75, 3.05) is 0 Å². The molecule has 0 aromatic carbocycles. The Hall–Kier alpha value is -0.700. The summed E-state index contributed by atoms with van der Waals surface area (Å²) in [7, 11) is 0. The monoisotopic (exact) mass is 238 g/mol. The minimum atomic E-state index is 0.799. The van der Waals surface area contributed by atoms with Crippen LogP contribution in [0.4, 0.5) is 0 Å². The van der Waals surface area contributed by atoms with E-state index >= 15 is 0 Å². The normalized spacial score (nSPS) is 16.8. The number of aromatic nitrogens is 2. The number of allylic oxidation sites excluding steroid dienone is 2. The van der Waals surface area contributed by atoms with Crippen molar-refractivity contribution < 1.29 is 0 Å². The van der Waals surface area contributed by atoms with Gasteiger partial charge in [0, 0.05) is 0 Å². The van der Waals surface area contributed by atoms with Gasteiger partial charge in [-0.2, -0.15) is 0 Å². The molecule has 2 nitrogen and oxygen atoms in total. The highest BCUT2D eigenvalue weighted by molar-refractivity contribution is 9.10. The quantitative estimate of drug-likeness (QED) is 0.752. The van der Waals surface area contributed by atoms with E-state index < -0.39 is 0 Å². The molecule has 1 heterocycles. The lowest BCUT2D eigenvalue weighted by molar-refractivity contribution is 0.739. The highest BCUT2D eigenvalue weighted by atomic mass is 79.9. The Morgan fingerprint density at radius 1 is 1.15 bits per heavy atom. The van der Waals surface area contributed by atoms with E-state index in [1.807, 2.05) is 6.20 Å². The Labute approximate surface area is 86.2 Å². The smallest absolute Gasteiger partial charge is 0.124 e. The van der Waals surface area contributed by atoms with Gasteiger partial charge >= 0.3 is 0 Å². The van der Waals surface area contributed by atoms with Crippen LogP contribution in [-0.4, -0.2) is 9.97 Å². The number of nitrogens with zero attached hydrogens (tertiary/aromatic N) is 2. The van der Waals surface area contributed by atoms with Crippen molar-refractivity contribution in [2.45, 2.75) is 25.7 Å². The van der Waals surface area contributed by atoms with Crippen LogP contribution in [-0.2, 0) is 0 Å². The Balaban J connectivity index is 2.24. The first-order valence-electron chi connectivity index (χ1n) is 4.53. The number of rotatable bonds is 1. The molecule has 0 unspecified atom stereocenters. The van der Waals surface area contributed by atoms with Gasteiger partial charge in [-0.3, -0.25) is 4.98 Å². The molecule has 0 aliphatic heterocycles. The van der Waals surface area contributed by atoms with E-state index in [1.165, 1.54) is 24.8 Å². The fourth-order valence-corrected chi connectivity index (χ4v) is 1.75. The molecular weight excluding hydrogens is 228 g/mol. The van der Waals surface area contributed by atoms with E-state index in [4.69, 9.17) is 0 Å². The molecule has 1 aliphatic carbocycles. The average Bonchev–Trinajstić information content (AvgIpc) is 2.20. The van der Waals surface area contributed by atoms with Gasteiger partial charge in [0.05, 0.1) is 18.1 Å². The molecule has 0 saturated carbocycles. The van der Waals surface area contributed by atoms with Crippen molar-refractivity contribution in [3.8, 4) is 0 Å². The van der Waals surface area contributed by atoms with Crippen LogP contribution in [0.3, 0.4) is 0 Å². The van der Waals surface area contributed by atoms with E-state index in [9.17, 15) is 0 Å². The minimum Gasteiger partial charge on any atom is -0.252 e. The molecular formula is C10H11BrN2. The van der Waals surface area contributed by atoms with Gasteiger partial charge in [0.25, 0.3) is 0 Å². The van der Waals surface area contributed by atoms with Crippen molar-refractivity contribution in [3.63, 3.8) is 0 Å². The molecule has 68 valence electrons. The van der Waals surface area contributed by atoms with Crippen molar-refractivity contribution in [3.05, 3.63) is 28.8 Å². The van der Waals surface area contributed by atoms with Gasteiger partial charge in [-0.05, 0) is 47.2 Å². The molecule has 0 saturated heterocycles. The molecule has 0 N–H and O–H groups in total. The van der Waals surface area contributed by atoms with Gasteiger partial charge in [-0.15, -0.1) is 0 Å². The van der Waals surface area contributed by atoms with Crippen molar-refractivity contribution in [1.29, 1.82) is 0 Å². The zero-order chi connectivity index (χ0) is 9.10. The molecule has 1 aromatic rings. The third-order valence-electron chi connectivity index (χ3n) is 2.24. The summed E-state index contributed by atoms with van der Waals surface area (Å²) in [6, 6.07) is 0. The fourth-order valence-electron chi connectivity index (χ4n) is 1.55. The minimum absolute atomic E-state index is 0.799. The molecule has 13 heavy (non-hydrogen) atoms. The third kappa shape index (κ3) is 2.15. The zero-order valence-corrected chi connectivity index (χ0v) is 8.92. The van der Waals surface area contributed by atoms with Gasteiger partial charge in [0.2, 0.25) is 0 Å². The molecule has 0 amide bonds. The molecule has 1 aromatic heterocycles. The molecule has 0 radical (unpaired) electrons. The van der Waals surface area contributed by atoms with Gasteiger partial charge in [-0.1, -0.05) is 6.08 Å². The summed E-state index contributed by atoms with van der Waals surface area (Å²) >= 11 is 3.28. The lowest BCUT2D eigenvalue weighted by atomic mass is 9.97. The van der Waals surface area contributed by atoms with Crippen LogP contribution >= 0.6 is 15.9 Å². The Kier molecular flexibility index (Phi) is 2.74. The summed E-state index contributed by atoms with van der Waals surface area (Å²) in [5.74, 6) is 0. The van der Waals surface area contributed by atoms with Crippen LogP contribution in [0.1, 0.15) is 31.4 Å². The SMILES string of the molecule is Brc1cnc(C2=CCCCC2)cn1. The third-order valence-corrected chi connectivity index (χ3v) is 2.65. The van der Waals surface area contributed by atoms with Crippen molar-refractivity contribution in [2.24, 2.45) is 0 Å². The summed E-state index contributed by atoms with van der Waals surface area (Å²) in [4.78, 5) is 8.49. The summed E-state index contributed by atoms with van der Waals surface area (Å²) in [6.07, 6.45) is 10.8. The van der Waals surface area contributed by atoms with Crippen LogP contribution in [0, 0.1) is 0 Å². The zero-order valence-electron chi connectivity index (χ0n) is 7.33. The Bertz CT molecular complexity index is 316. The van der Waals surface area contributed by atoms with Crippen LogP contribution in [0.2, 0.25) is 0 Å². The van der Waals surface area contributed by atoms with Crippen LogP contribution < -0.4 is 0 Å². The van der Waals surface area contributed by atoms with Crippen LogP contribution in [0.15, 0.2) is 23.1 Å². The highest BCUT2D eigenvalue weighted by Gasteiger charge is 2.07. The second-order valence-electron chi connectivity index (χ2n) is 3.20. The van der Waals surface area contributed by atoms with Crippen molar-refractivity contribution >= 4 is 21.5 Å². The van der Waals surface area contributed by atoms with E-state index in [0.29, 0.717) is 0 Å².